The van der Waals surface area contributed by atoms with E-state index in [1.165, 1.54) is 19.1 Å². The van der Waals surface area contributed by atoms with Crippen LogP contribution in [0, 0.1) is 0 Å². The molecular formula is C13H19NO5. The quantitative estimate of drug-likeness (QED) is 0.407. The highest BCUT2D eigenvalue weighted by Gasteiger charge is 2.33. The number of aromatic hydroxyl groups is 3. The molecule has 0 aliphatic carbocycles. The van der Waals surface area contributed by atoms with E-state index in [1.54, 1.807) is 6.92 Å². The van der Waals surface area contributed by atoms with E-state index in [-0.39, 0.29) is 23.5 Å². The Balaban J connectivity index is 3.18. The number of hydrogen-bond acceptors (Lipinski definition) is 5. The van der Waals surface area contributed by atoms with E-state index in [4.69, 9.17) is 10.8 Å². The summed E-state index contributed by atoms with van der Waals surface area (Å²) in [6.07, 6.45) is 0.494. The predicted octanol–water partition coefficient (Wildman–Crippen LogP) is 1.49. The lowest BCUT2D eigenvalue weighted by Gasteiger charge is -2.26. The smallest absolute Gasteiger partial charge is 0.323 e. The summed E-state index contributed by atoms with van der Waals surface area (Å²) in [5, 5.41) is 38.1. The largest absolute Gasteiger partial charge is 0.508 e. The van der Waals surface area contributed by atoms with Crippen LogP contribution in [-0.4, -0.2) is 31.9 Å². The van der Waals surface area contributed by atoms with Gasteiger partial charge in [-0.2, -0.15) is 0 Å². The second-order valence-corrected chi connectivity index (χ2v) is 4.90. The van der Waals surface area contributed by atoms with Crippen LogP contribution in [-0.2, 0) is 4.79 Å². The normalized spacial score (nSPS) is 15.7. The van der Waals surface area contributed by atoms with Crippen molar-refractivity contribution in [2.75, 3.05) is 0 Å². The standard InChI is InChI=1S/C13H19NO5/c1-3-7(6-13(2,14)12(18)19)10-8(15)4-5-9(16)11(10)17/h4-5,7,15-17H,3,6,14H2,1-2H3,(H,18,19). The van der Waals surface area contributed by atoms with Crippen LogP contribution in [0.5, 0.6) is 17.2 Å². The molecule has 0 aromatic heterocycles. The molecule has 0 radical (unpaired) electrons. The number of phenols is 3. The molecule has 1 aromatic rings. The van der Waals surface area contributed by atoms with E-state index < -0.39 is 23.2 Å². The maximum atomic E-state index is 11.0. The Morgan fingerprint density at radius 3 is 2.32 bits per heavy atom. The molecule has 6 N–H and O–H groups in total. The first-order valence-electron chi connectivity index (χ1n) is 5.96. The van der Waals surface area contributed by atoms with Crippen molar-refractivity contribution in [1.82, 2.24) is 0 Å². The van der Waals surface area contributed by atoms with Gasteiger partial charge in [-0.1, -0.05) is 6.92 Å². The summed E-state index contributed by atoms with van der Waals surface area (Å²) in [6, 6.07) is 2.42. The van der Waals surface area contributed by atoms with Crippen molar-refractivity contribution in [3.63, 3.8) is 0 Å². The van der Waals surface area contributed by atoms with Gasteiger partial charge >= 0.3 is 5.97 Å². The highest BCUT2D eigenvalue weighted by atomic mass is 16.4. The lowest BCUT2D eigenvalue weighted by Crippen LogP contribution is -2.45. The number of phenolic OH excluding ortho intramolecular Hbond substituents is 3. The Hall–Kier alpha value is -1.95. The van der Waals surface area contributed by atoms with Gasteiger partial charge in [-0.25, -0.2) is 0 Å². The number of hydrogen-bond donors (Lipinski definition) is 5. The third kappa shape index (κ3) is 3.08. The fraction of sp³-hybridized carbons (Fsp3) is 0.462. The molecule has 2 unspecified atom stereocenters. The average molecular weight is 269 g/mol. The molecule has 0 aliphatic heterocycles. The van der Waals surface area contributed by atoms with Crippen molar-refractivity contribution in [1.29, 1.82) is 0 Å². The van der Waals surface area contributed by atoms with Crippen molar-refractivity contribution in [2.45, 2.75) is 38.1 Å². The van der Waals surface area contributed by atoms with E-state index in [0.29, 0.717) is 6.42 Å². The van der Waals surface area contributed by atoms with Gasteiger partial charge in [0.25, 0.3) is 0 Å². The highest BCUT2D eigenvalue weighted by molar-refractivity contribution is 5.78. The SMILES string of the molecule is CCC(CC(C)(N)C(=O)O)c1c(O)ccc(O)c1O. The van der Waals surface area contributed by atoms with Crippen LogP contribution in [0.25, 0.3) is 0 Å². The van der Waals surface area contributed by atoms with Crippen molar-refractivity contribution in [3.05, 3.63) is 17.7 Å². The van der Waals surface area contributed by atoms with E-state index in [0.717, 1.165) is 0 Å². The highest BCUT2D eigenvalue weighted by Crippen LogP contribution is 2.43. The summed E-state index contributed by atoms with van der Waals surface area (Å²) < 4.78 is 0. The predicted molar refractivity (Wildman–Crippen MR) is 69.3 cm³/mol. The van der Waals surface area contributed by atoms with Crippen molar-refractivity contribution >= 4 is 5.97 Å². The van der Waals surface area contributed by atoms with Crippen molar-refractivity contribution in [2.24, 2.45) is 5.73 Å². The second-order valence-electron chi connectivity index (χ2n) is 4.90. The Kier molecular flexibility index (Phi) is 4.26. The van der Waals surface area contributed by atoms with Crippen molar-refractivity contribution < 1.29 is 25.2 Å². The minimum Gasteiger partial charge on any atom is -0.508 e. The van der Waals surface area contributed by atoms with E-state index in [1.807, 2.05) is 0 Å². The molecule has 0 heterocycles. The van der Waals surface area contributed by atoms with Gasteiger partial charge in [0.1, 0.15) is 11.3 Å². The fourth-order valence-corrected chi connectivity index (χ4v) is 2.04. The molecule has 19 heavy (non-hydrogen) atoms. The Morgan fingerprint density at radius 2 is 1.84 bits per heavy atom. The summed E-state index contributed by atoms with van der Waals surface area (Å²) in [7, 11) is 0. The van der Waals surface area contributed by atoms with Crippen LogP contribution in [0.3, 0.4) is 0 Å². The third-order valence-electron chi connectivity index (χ3n) is 3.23. The molecule has 0 fully saturated rings. The van der Waals surface area contributed by atoms with E-state index in [2.05, 4.69) is 0 Å². The summed E-state index contributed by atoms with van der Waals surface area (Å²) in [6.45, 7) is 3.15. The molecule has 2 atom stereocenters. The lowest BCUT2D eigenvalue weighted by atomic mass is 9.83. The number of carboxylic acids is 1. The van der Waals surface area contributed by atoms with Crippen LogP contribution >= 0.6 is 0 Å². The molecule has 106 valence electrons. The zero-order chi connectivity index (χ0) is 14.8. The molecule has 0 bridgehead atoms. The number of carbonyl (C=O) groups is 1. The number of rotatable bonds is 5. The summed E-state index contributed by atoms with van der Waals surface area (Å²) in [4.78, 5) is 11.0. The molecule has 0 spiro atoms. The summed E-state index contributed by atoms with van der Waals surface area (Å²) >= 11 is 0. The molecule has 0 amide bonds. The molecular weight excluding hydrogens is 250 g/mol. The van der Waals surface area contributed by atoms with Crippen LogP contribution in [0.15, 0.2) is 12.1 Å². The minimum atomic E-state index is -1.48. The molecule has 1 aromatic carbocycles. The molecule has 6 heteroatoms. The zero-order valence-corrected chi connectivity index (χ0v) is 10.9. The van der Waals surface area contributed by atoms with Gasteiger partial charge < -0.3 is 26.2 Å². The minimum absolute atomic E-state index is 0.0312. The average Bonchev–Trinajstić information content (AvgIpc) is 2.32. The van der Waals surface area contributed by atoms with Crippen LogP contribution in [0.1, 0.15) is 38.2 Å². The molecule has 0 saturated heterocycles. The molecule has 0 aliphatic rings. The van der Waals surface area contributed by atoms with Gasteiger partial charge in [0.15, 0.2) is 11.5 Å². The summed E-state index contributed by atoms with van der Waals surface area (Å²) in [5.41, 5.74) is 4.33. The second kappa shape index (κ2) is 5.36. The zero-order valence-electron chi connectivity index (χ0n) is 10.9. The van der Waals surface area contributed by atoms with Crippen LogP contribution in [0.4, 0.5) is 0 Å². The maximum absolute atomic E-state index is 11.0. The number of benzene rings is 1. The maximum Gasteiger partial charge on any atom is 0.323 e. The fourth-order valence-electron chi connectivity index (χ4n) is 2.04. The van der Waals surface area contributed by atoms with E-state index in [9.17, 15) is 20.1 Å². The molecule has 0 saturated carbocycles. The summed E-state index contributed by atoms with van der Waals surface area (Å²) in [5.74, 6) is -2.63. The first-order chi connectivity index (χ1) is 8.70. The van der Waals surface area contributed by atoms with E-state index >= 15 is 0 Å². The Morgan fingerprint density at radius 1 is 1.32 bits per heavy atom. The number of nitrogens with two attached hydrogens (primary N) is 1. The monoisotopic (exact) mass is 269 g/mol. The van der Waals surface area contributed by atoms with Gasteiger partial charge in [-0.15, -0.1) is 0 Å². The lowest BCUT2D eigenvalue weighted by molar-refractivity contribution is -0.143. The van der Waals surface area contributed by atoms with Crippen LogP contribution in [0.2, 0.25) is 0 Å². The first kappa shape index (κ1) is 15.1. The van der Waals surface area contributed by atoms with Gasteiger partial charge in [0, 0.05) is 5.56 Å². The van der Waals surface area contributed by atoms with Gasteiger partial charge in [-0.3, -0.25) is 4.79 Å². The number of carboxylic acid groups (broad SMARTS) is 1. The van der Waals surface area contributed by atoms with Gasteiger partial charge in [0.2, 0.25) is 0 Å². The third-order valence-corrected chi connectivity index (χ3v) is 3.23. The molecule has 6 nitrogen and oxygen atoms in total. The van der Waals surface area contributed by atoms with Crippen LogP contribution < -0.4 is 5.73 Å². The van der Waals surface area contributed by atoms with Crippen molar-refractivity contribution in [3.8, 4) is 17.2 Å². The molecule has 1 rings (SSSR count). The topological polar surface area (TPSA) is 124 Å². The van der Waals surface area contributed by atoms with Gasteiger partial charge in [0.05, 0.1) is 0 Å². The number of aliphatic carboxylic acids is 1. The first-order valence-corrected chi connectivity index (χ1v) is 5.96. The van der Waals surface area contributed by atoms with Gasteiger partial charge in [-0.05, 0) is 37.8 Å². The Labute approximate surface area is 111 Å². The Bertz CT molecular complexity index is 484.